The average Bonchev–Trinajstić information content (AvgIpc) is 3.26. The number of rotatable bonds is 4. The number of hydrogen-bond acceptors (Lipinski definition) is 5. The Labute approximate surface area is 156 Å². The van der Waals surface area contributed by atoms with Crippen LogP contribution in [0.1, 0.15) is 34.9 Å². The predicted octanol–water partition coefficient (Wildman–Crippen LogP) is 3.15. The third kappa shape index (κ3) is 3.65. The lowest BCUT2D eigenvalue weighted by Crippen LogP contribution is -2.34. The number of carbonyl (C=O) groups excluding carboxylic acids is 2. The minimum absolute atomic E-state index is 0.173. The van der Waals surface area contributed by atoms with Crippen molar-refractivity contribution in [2.24, 2.45) is 0 Å². The molecule has 2 aromatic carbocycles. The molecule has 0 saturated carbocycles. The smallest absolute Gasteiger partial charge is 0.339 e. The second-order valence-corrected chi connectivity index (χ2v) is 6.49. The third-order valence-electron chi connectivity index (χ3n) is 4.67. The highest BCUT2D eigenvalue weighted by molar-refractivity contribution is 5.95. The molecule has 1 fully saturated rings. The summed E-state index contributed by atoms with van der Waals surface area (Å²) in [6.07, 6.45) is 4.17. The zero-order chi connectivity index (χ0) is 18.6. The quantitative estimate of drug-likeness (QED) is 0.668. The van der Waals surface area contributed by atoms with Gasteiger partial charge in [0.05, 0.1) is 16.6 Å². The number of hydrogen-bond donors (Lipinski definition) is 0. The lowest BCUT2D eigenvalue weighted by molar-refractivity contribution is -0.140. The second-order valence-electron chi connectivity index (χ2n) is 6.49. The maximum Gasteiger partial charge on any atom is 0.339 e. The van der Waals surface area contributed by atoms with Crippen molar-refractivity contribution in [3.8, 4) is 0 Å². The first-order chi connectivity index (χ1) is 13.2. The Morgan fingerprint density at radius 2 is 1.63 bits per heavy atom. The molecule has 4 rings (SSSR count). The molecule has 3 aromatic rings. The van der Waals surface area contributed by atoms with Gasteiger partial charge in [0.15, 0.2) is 0 Å². The van der Waals surface area contributed by atoms with E-state index in [9.17, 15) is 9.59 Å². The van der Waals surface area contributed by atoms with Crippen molar-refractivity contribution in [2.45, 2.75) is 18.9 Å². The van der Waals surface area contributed by atoms with Gasteiger partial charge in [-0.1, -0.05) is 30.3 Å². The van der Waals surface area contributed by atoms with Crippen LogP contribution in [0.4, 0.5) is 0 Å². The highest BCUT2D eigenvalue weighted by Gasteiger charge is 2.31. The summed E-state index contributed by atoms with van der Waals surface area (Å²) in [5.41, 5.74) is 2.32. The van der Waals surface area contributed by atoms with Gasteiger partial charge in [0, 0.05) is 31.0 Å². The number of fused-ring (bicyclic) bond motifs is 1. The van der Waals surface area contributed by atoms with E-state index in [4.69, 9.17) is 4.74 Å². The second kappa shape index (κ2) is 7.53. The molecule has 0 N–H and O–H groups in total. The highest BCUT2D eigenvalue weighted by Crippen LogP contribution is 2.24. The molecule has 0 aliphatic carbocycles. The van der Waals surface area contributed by atoms with Gasteiger partial charge >= 0.3 is 5.97 Å². The van der Waals surface area contributed by atoms with Crippen LogP contribution in [0, 0.1) is 0 Å². The molecule has 1 aromatic heterocycles. The van der Waals surface area contributed by atoms with Crippen LogP contribution in [0.3, 0.4) is 0 Å². The Morgan fingerprint density at radius 1 is 0.926 bits per heavy atom. The number of esters is 1. The summed E-state index contributed by atoms with van der Waals surface area (Å²) >= 11 is 0. The highest BCUT2D eigenvalue weighted by atomic mass is 16.5. The largest absolute Gasteiger partial charge is 0.444 e. The Kier molecular flexibility index (Phi) is 4.78. The molecule has 0 unspecified atom stereocenters. The molecule has 1 aliphatic heterocycles. The van der Waals surface area contributed by atoms with E-state index < -0.39 is 12.1 Å². The van der Waals surface area contributed by atoms with Gasteiger partial charge in [-0.05, 0) is 31.0 Å². The minimum Gasteiger partial charge on any atom is -0.444 e. The first-order valence-electron chi connectivity index (χ1n) is 8.98. The number of carbonyl (C=O) groups is 2. The van der Waals surface area contributed by atoms with Crippen LogP contribution >= 0.6 is 0 Å². The normalized spacial score (nSPS) is 14.9. The average molecular weight is 361 g/mol. The van der Waals surface area contributed by atoms with Crippen LogP contribution in [0.2, 0.25) is 0 Å². The third-order valence-corrected chi connectivity index (χ3v) is 4.67. The predicted molar refractivity (Wildman–Crippen MR) is 100.0 cm³/mol. The van der Waals surface area contributed by atoms with E-state index in [1.54, 1.807) is 47.6 Å². The first-order valence-corrected chi connectivity index (χ1v) is 8.98. The van der Waals surface area contributed by atoms with E-state index in [1.807, 2.05) is 18.2 Å². The molecule has 0 radical (unpaired) electrons. The number of ether oxygens (including phenoxy) is 1. The van der Waals surface area contributed by atoms with Crippen molar-refractivity contribution in [3.63, 3.8) is 0 Å². The Morgan fingerprint density at radius 3 is 2.37 bits per heavy atom. The fraction of sp³-hybridized carbons (Fsp3) is 0.238. The molecule has 0 spiro atoms. The van der Waals surface area contributed by atoms with Gasteiger partial charge in [-0.3, -0.25) is 14.8 Å². The van der Waals surface area contributed by atoms with E-state index in [-0.39, 0.29) is 5.91 Å². The molecule has 6 heteroatoms. The van der Waals surface area contributed by atoms with Crippen molar-refractivity contribution in [1.82, 2.24) is 14.9 Å². The molecule has 136 valence electrons. The van der Waals surface area contributed by atoms with Gasteiger partial charge in [-0.2, -0.15) is 0 Å². The lowest BCUT2D eigenvalue weighted by Gasteiger charge is -2.23. The summed E-state index contributed by atoms with van der Waals surface area (Å²) in [5, 5.41) is 0. The van der Waals surface area contributed by atoms with Gasteiger partial charge in [-0.25, -0.2) is 4.79 Å². The summed E-state index contributed by atoms with van der Waals surface area (Å²) in [7, 11) is 0. The maximum absolute atomic E-state index is 13.0. The van der Waals surface area contributed by atoms with Crippen LogP contribution in [0.25, 0.3) is 11.0 Å². The molecule has 1 saturated heterocycles. The number of likely N-dealkylation sites (tertiary alicyclic amines) is 1. The van der Waals surface area contributed by atoms with E-state index >= 15 is 0 Å². The molecule has 1 amide bonds. The van der Waals surface area contributed by atoms with Crippen LogP contribution in [0.15, 0.2) is 60.9 Å². The molecular formula is C21H19N3O3. The van der Waals surface area contributed by atoms with E-state index in [1.165, 1.54) is 0 Å². The van der Waals surface area contributed by atoms with Gasteiger partial charge in [0.2, 0.25) is 6.10 Å². The standard InChI is InChI=1S/C21H19N3O3/c25-20(24-12-4-5-13-24)19(15-6-2-1-3-7-15)27-21(26)16-8-9-17-18(14-16)23-11-10-22-17/h1-3,6-11,14,19H,4-5,12-13H2/t19-/m0/s1. The first kappa shape index (κ1) is 17.1. The summed E-state index contributed by atoms with van der Waals surface area (Å²) in [5.74, 6) is -0.725. The van der Waals surface area contributed by atoms with Gasteiger partial charge < -0.3 is 9.64 Å². The molecule has 27 heavy (non-hydrogen) atoms. The Balaban J connectivity index is 1.61. The van der Waals surface area contributed by atoms with Crippen molar-refractivity contribution in [2.75, 3.05) is 13.1 Å². The summed E-state index contributed by atoms with van der Waals surface area (Å²) in [4.78, 5) is 35.9. The van der Waals surface area contributed by atoms with Crippen molar-refractivity contribution in [3.05, 3.63) is 72.1 Å². The molecular weight excluding hydrogens is 342 g/mol. The SMILES string of the molecule is O=C(O[C@H](C(=O)N1CCCC1)c1ccccc1)c1ccc2nccnc2c1. The summed E-state index contributed by atoms with van der Waals surface area (Å²) in [6.45, 7) is 1.40. The lowest BCUT2D eigenvalue weighted by atomic mass is 10.1. The Bertz CT molecular complexity index is 969. The molecule has 1 aliphatic rings. The van der Waals surface area contributed by atoms with Crippen LogP contribution in [0.5, 0.6) is 0 Å². The van der Waals surface area contributed by atoms with Crippen molar-refractivity contribution in [1.29, 1.82) is 0 Å². The zero-order valence-corrected chi connectivity index (χ0v) is 14.7. The van der Waals surface area contributed by atoms with Crippen LogP contribution < -0.4 is 0 Å². The fourth-order valence-corrected chi connectivity index (χ4v) is 3.26. The van der Waals surface area contributed by atoms with Crippen molar-refractivity contribution < 1.29 is 14.3 Å². The Hall–Kier alpha value is -3.28. The molecule has 0 bridgehead atoms. The fourth-order valence-electron chi connectivity index (χ4n) is 3.26. The summed E-state index contributed by atoms with van der Waals surface area (Å²) in [6, 6.07) is 14.1. The van der Waals surface area contributed by atoms with E-state index in [0.29, 0.717) is 35.2 Å². The number of benzene rings is 2. The topological polar surface area (TPSA) is 72.4 Å². The van der Waals surface area contributed by atoms with Gasteiger partial charge in [-0.15, -0.1) is 0 Å². The molecule has 1 atom stereocenters. The van der Waals surface area contributed by atoms with Crippen LogP contribution in [-0.4, -0.2) is 39.8 Å². The summed E-state index contributed by atoms with van der Waals surface area (Å²) < 4.78 is 5.67. The maximum atomic E-state index is 13.0. The minimum atomic E-state index is -0.950. The van der Waals surface area contributed by atoms with Crippen LogP contribution in [-0.2, 0) is 9.53 Å². The molecule has 6 nitrogen and oxygen atoms in total. The molecule has 2 heterocycles. The monoisotopic (exact) mass is 361 g/mol. The van der Waals surface area contributed by atoms with E-state index in [2.05, 4.69) is 9.97 Å². The number of amides is 1. The van der Waals surface area contributed by atoms with E-state index in [0.717, 1.165) is 12.8 Å². The zero-order valence-electron chi connectivity index (χ0n) is 14.7. The van der Waals surface area contributed by atoms with Crippen molar-refractivity contribution >= 4 is 22.9 Å². The number of nitrogens with zero attached hydrogens (tertiary/aromatic N) is 3. The van der Waals surface area contributed by atoms with Gasteiger partial charge in [0.25, 0.3) is 5.91 Å². The van der Waals surface area contributed by atoms with Gasteiger partial charge in [0.1, 0.15) is 0 Å². The number of aromatic nitrogens is 2.